The van der Waals surface area contributed by atoms with Crippen LogP contribution in [-0.4, -0.2) is 36.2 Å². The van der Waals surface area contributed by atoms with Crippen molar-refractivity contribution in [1.82, 2.24) is 5.32 Å². The van der Waals surface area contributed by atoms with Crippen molar-refractivity contribution in [3.05, 3.63) is 0 Å². The first kappa shape index (κ1) is 12.0. The minimum Gasteiger partial charge on any atom is -0.481 e. The number of nitrogens with one attached hydrogen (secondary N) is 1. The predicted molar refractivity (Wildman–Crippen MR) is 53.4 cm³/mol. The van der Waals surface area contributed by atoms with Crippen molar-refractivity contribution in [2.75, 3.05) is 7.11 Å². The molecule has 1 amide bonds. The largest absolute Gasteiger partial charge is 0.481 e. The number of hydrogen-bond donors (Lipinski definition) is 2. The first-order valence-electron chi connectivity index (χ1n) is 5.10. The molecule has 0 saturated heterocycles. The van der Waals surface area contributed by atoms with E-state index < -0.39 is 12.1 Å². The van der Waals surface area contributed by atoms with Gasteiger partial charge in [0.05, 0.1) is 5.92 Å². The summed E-state index contributed by atoms with van der Waals surface area (Å²) in [7, 11) is 1.47. The second-order valence-corrected chi connectivity index (χ2v) is 3.93. The lowest BCUT2D eigenvalue weighted by Gasteiger charge is -2.15. The Morgan fingerprint density at radius 1 is 1.47 bits per heavy atom. The Morgan fingerprint density at radius 2 is 2.13 bits per heavy atom. The van der Waals surface area contributed by atoms with Crippen LogP contribution in [0.4, 0.5) is 0 Å². The maximum absolute atomic E-state index is 11.4. The van der Waals surface area contributed by atoms with Gasteiger partial charge in [0.25, 0.3) is 0 Å². The smallest absolute Gasteiger partial charge is 0.306 e. The molecule has 1 fully saturated rings. The molecule has 0 aromatic carbocycles. The van der Waals surface area contributed by atoms with E-state index in [1.807, 2.05) is 0 Å². The summed E-state index contributed by atoms with van der Waals surface area (Å²) in [4.78, 5) is 22.1. The fraction of sp³-hybridized carbons (Fsp3) is 0.800. The number of hydrogen-bond acceptors (Lipinski definition) is 3. The van der Waals surface area contributed by atoms with E-state index in [0.717, 1.165) is 6.42 Å². The van der Waals surface area contributed by atoms with Crippen LogP contribution in [0.5, 0.6) is 0 Å². The Kier molecular flexibility index (Phi) is 4.08. The van der Waals surface area contributed by atoms with E-state index in [0.29, 0.717) is 12.8 Å². The molecule has 1 aliphatic rings. The minimum atomic E-state index is -0.772. The van der Waals surface area contributed by atoms with Crippen LogP contribution in [0.3, 0.4) is 0 Å². The molecule has 86 valence electrons. The Hall–Kier alpha value is -1.10. The Morgan fingerprint density at radius 3 is 2.60 bits per heavy atom. The third-order valence-corrected chi connectivity index (χ3v) is 2.85. The Bertz CT molecular complexity index is 254. The van der Waals surface area contributed by atoms with E-state index in [1.54, 1.807) is 6.92 Å². The molecule has 1 saturated carbocycles. The molecule has 1 aliphatic carbocycles. The lowest BCUT2D eigenvalue weighted by atomic mass is 10.1. The van der Waals surface area contributed by atoms with Crippen molar-refractivity contribution < 1.29 is 19.4 Å². The van der Waals surface area contributed by atoms with Gasteiger partial charge >= 0.3 is 5.97 Å². The van der Waals surface area contributed by atoms with Gasteiger partial charge in [0.15, 0.2) is 0 Å². The number of carbonyl (C=O) groups excluding carboxylic acids is 1. The average molecular weight is 215 g/mol. The van der Waals surface area contributed by atoms with Gasteiger partial charge in [0.1, 0.15) is 6.10 Å². The van der Waals surface area contributed by atoms with Gasteiger partial charge in [0, 0.05) is 13.2 Å². The van der Waals surface area contributed by atoms with Crippen LogP contribution in [0.1, 0.15) is 26.2 Å². The highest BCUT2D eigenvalue weighted by Crippen LogP contribution is 2.25. The first-order chi connectivity index (χ1) is 7.04. The second-order valence-electron chi connectivity index (χ2n) is 3.93. The van der Waals surface area contributed by atoms with Gasteiger partial charge in [-0.05, 0) is 26.2 Å². The highest BCUT2D eigenvalue weighted by Gasteiger charge is 2.31. The predicted octanol–water partition coefficient (Wildman–Crippen LogP) is 0.391. The summed E-state index contributed by atoms with van der Waals surface area (Å²) in [6.45, 7) is 1.67. The van der Waals surface area contributed by atoms with Gasteiger partial charge in [0.2, 0.25) is 5.91 Å². The lowest BCUT2D eigenvalue weighted by molar-refractivity contribution is -0.141. The summed E-state index contributed by atoms with van der Waals surface area (Å²) in [6, 6.07) is -0.0174. The standard InChI is InChI=1S/C10H17NO4/c1-6(15-2)9(12)11-8-4-3-7(5-8)10(13)14/h6-8H,3-5H2,1-2H3,(H,11,12)(H,13,14)/t6-,7-,8+/m1/s1. The SMILES string of the molecule is CO[C@H](C)C(=O)N[C@H]1CC[C@@H](C(=O)O)C1. The first-order valence-corrected chi connectivity index (χ1v) is 5.10. The molecule has 0 aromatic heterocycles. The third kappa shape index (κ3) is 3.20. The summed E-state index contributed by atoms with van der Waals surface area (Å²) >= 11 is 0. The molecule has 0 radical (unpaired) electrons. The summed E-state index contributed by atoms with van der Waals surface area (Å²) in [6.07, 6.45) is 1.42. The second kappa shape index (κ2) is 5.11. The summed E-state index contributed by atoms with van der Waals surface area (Å²) in [5.41, 5.74) is 0. The normalized spacial score (nSPS) is 27.3. The molecule has 0 aromatic rings. The van der Waals surface area contributed by atoms with Gasteiger partial charge < -0.3 is 15.2 Å². The van der Waals surface area contributed by atoms with Crippen molar-refractivity contribution >= 4 is 11.9 Å². The topological polar surface area (TPSA) is 75.6 Å². The van der Waals surface area contributed by atoms with Crippen molar-refractivity contribution in [3.8, 4) is 0 Å². The molecule has 15 heavy (non-hydrogen) atoms. The van der Waals surface area contributed by atoms with E-state index in [2.05, 4.69) is 5.32 Å². The number of amides is 1. The van der Waals surface area contributed by atoms with Gasteiger partial charge in [-0.2, -0.15) is 0 Å². The molecule has 0 spiro atoms. The third-order valence-electron chi connectivity index (χ3n) is 2.85. The Labute approximate surface area is 88.8 Å². The van der Waals surface area contributed by atoms with E-state index in [4.69, 9.17) is 9.84 Å². The molecule has 5 heteroatoms. The quantitative estimate of drug-likeness (QED) is 0.711. The van der Waals surface area contributed by atoms with E-state index in [-0.39, 0.29) is 17.9 Å². The number of carboxylic acids is 1. The molecule has 2 N–H and O–H groups in total. The Balaban J connectivity index is 2.36. The number of carbonyl (C=O) groups is 2. The van der Waals surface area contributed by atoms with E-state index in [1.165, 1.54) is 7.11 Å². The van der Waals surface area contributed by atoms with Crippen LogP contribution in [0.25, 0.3) is 0 Å². The molecule has 1 rings (SSSR count). The highest BCUT2D eigenvalue weighted by atomic mass is 16.5. The number of rotatable bonds is 4. The molecule has 0 heterocycles. The summed E-state index contributed by atoms with van der Waals surface area (Å²) in [5, 5.41) is 11.6. The zero-order valence-electron chi connectivity index (χ0n) is 9.03. The van der Waals surface area contributed by atoms with Crippen molar-refractivity contribution in [1.29, 1.82) is 0 Å². The van der Waals surface area contributed by atoms with E-state index >= 15 is 0 Å². The van der Waals surface area contributed by atoms with Crippen molar-refractivity contribution in [3.63, 3.8) is 0 Å². The number of aliphatic carboxylic acids is 1. The molecule has 0 aliphatic heterocycles. The van der Waals surface area contributed by atoms with E-state index in [9.17, 15) is 9.59 Å². The van der Waals surface area contributed by atoms with Crippen LogP contribution >= 0.6 is 0 Å². The fourth-order valence-electron chi connectivity index (χ4n) is 1.76. The number of methoxy groups -OCH3 is 1. The molecule has 0 bridgehead atoms. The molecular weight excluding hydrogens is 198 g/mol. The van der Waals surface area contributed by atoms with Crippen LogP contribution in [0.2, 0.25) is 0 Å². The average Bonchev–Trinajstić information content (AvgIpc) is 2.65. The highest BCUT2D eigenvalue weighted by molar-refractivity contribution is 5.80. The van der Waals surface area contributed by atoms with Crippen LogP contribution in [-0.2, 0) is 14.3 Å². The summed E-state index contributed by atoms with van der Waals surface area (Å²) < 4.78 is 4.87. The van der Waals surface area contributed by atoms with Gasteiger partial charge in [-0.15, -0.1) is 0 Å². The van der Waals surface area contributed by atoms with Gasteiger partial charge in [-0.1, -0.05) is 0 Å². The van der Waals surface area contributed by atoms with Crippen molar-refractivity contribution in [2.24, 2.45) is 5.92 Å². The number of carboxylic acid groups (broad SMARTS) is 1. The lowest BCUT2D eigenvalue weighted by Crippen LogP contribution is -2.40. The molecule has 0 unspecified atom stereocenters. The van der Waals surface area contributed by atoms with Crippen molar-refractivity contribution in [2.45, 2.75) is 38.3 Å². The maximum Gasteiger partial charge on any atom is 0.306 e. The number of ether oxygens (including phenoxy) is 1. The monoisotopic (exact) mass is 215 g/mol. The van der Waals surface area contributed by atoms with Gasteiger partial charge in [-0.25, -0.2) is 0 Å². The summed E-state index contributed by atoms with van der Waals surface area (Å²) in [5.74, 6) is -1.26. The fourth-order valence-corrected chi connectivity index (χ4v) is 1.76. The van der Waals surface area contributed by atoms with Crippen LogP contribution in [0, 0.1) is 5.92 Å². The van der Waals surface area contributed by atoms with Crippen LogP contribution in [0.15, 0.2) is 0 Å². The van der Waals surface area contributed by atoms with Crippen LogP contribution < -0.4 is 5.32 Å². The van der Waals surface area contributed by atoms with Gasteiger partial charge in [-0.3, -0.25) is 9.59 Å². The molecule has 5 nitrogen and oxygen atoms in total. The minimum absolute atomic E-state index is 0.0174. The molecular formula is C10H17NO4. The zero-order valence-corrected chi connectivity index (χ0v) is 9.03. The zero-order chi connectivity index (χ0) is 11.4. The molecule has 3 atom stereocenters. The maximum atomic E-state index is 11.4.